The van der Waals surface area contributed by atoms with Crippen LogP contribution in [0.2, 0.25) is 0 Å². The molecule has 0 atom stereocenters. The molecule has 1 radical (unpaired) electrons. The van der Waals surface area contributed by atoms with Crippen molar-refractivity contribution in [2.75, 3.05) is 49.4 Å². The molecular weight excluding hydrogens is 1120 g/mol. The Kier molecular flexibility index (Phi) is 15.4. The van der Waals surface area contributed by atoms with Gasteiger partial charge in [0, 0.05) is 70.5 Å². The van der Waals surface area contributed by atoms with E-state index in [1.807, 2.05) is 55.0 Å². The van der Waals surface area contributed by atoms with Crippen molar-refractivity contribution in [2.45, 2.75) is 78.6 Å². The van der Waals surface area contributed by atoms with E-state index >= 15 is 0 Å². The summed E-state index contributed by atoms with van der Waals surface area (Å²) in [4.78, 5) is 42.6. The predicted molar refractivity (Wildman–Crippen MR) is 308 cm³/mol. The molecule has 0 saturated carbocycles. The summed E-state index contributed by atoms with van der Waals surface area (Å²) in [7, 11) is 0. The molecule has 9 aromatic rings. The molecule has 0 N–H and O–H groups in total. The number of benzene rings is 6. The number of anilines is 12. The van der Waals surface area contributed by atoms with Crippen molar-refractivity contribution in [3.63, 3.8) is 0 Å². The first-order valence-corrected chi connectivity index (χ1v) is 25.7. The zero-order valence-electron chi connectivity index (χ0n) is 44.9. The Morgan fingerprint density at radius 1 is 0.263 bits per heavy atom. The summed E-state index contributed by atoms with van der Waals surface area (Å²) in [6.45, 7) is 21.6. The Morgan fingerprint density at radius 3 is 0.605 bits per heavy atom. The second-order valence-corrected chi connectivity index (χ2v) is 22.0. The maximum atomic E-state index is 4.98. The average Bonchev–Trinajstić information content (AvgIpc) is 4.15. The molecule has 12 rings (SSSR count). The quantitative estimate of drug-likeness (QED) is 0.159. The van der Waals surface area contributed by atoms with Gasteiger partial charge in [-0.05, 0) is 72.8 Å². The summed E-state index contributed by atoms with van der Waals surface area (Å²) >= 11 is 0. The topological polar surface area (TPSA) is 96.8 Å². The number of nitrogens with zero attached hydrogens (tertiary/aromatic N) is 12. The molecule has 3 aliphatic heterocycles. The average molecular weight is 1180 g/mol. The van der Waals surface area contributed by atoms with Crippen molar-refractivity contribution in [1.29, 1.82) is 0 Å². The van der Waals surface area contributed by atoms with Gasteiger partial charge in [0.1, 0.15) is 20.0 Å². The Hall–Kier alpha value is -7.99. The van der Waals surface area contributed by atoms with Crippen LogP contribution in [0.5, 0.6) is 0 Å². The Bertz CT molecular complexity index is 2970. The summed E-state index contributed by atoms with van der Waals surface area (Å²) in [6.07, 6.45) is 5.72. The molecule has 76 heavy (non-hydrogen) atoms. The smallest absolute Gasteiger partial charge is 0.178 e. The number of aromatic nitrogens is 6. The molecule has 3 aromatic heterocycles. The maximum absolute atomic E-state index is 4.98. The van der Waals surface area contributed by atoms with Crippen LogP contribution in [0.1, 0.15) is 79.4 Å². The molecule has 0 amide bonds. The van der Waals surface area contributed by atoms with Crippen molar-refractivity contribution in [2.24, 2.45) is 0 Å². The molecule has 6 aromatic carbocycles. The first-order chi connectivity index (χ1) is 36.1. The van der Waals surface area contributed by atoms with Gasteiger partial charge in [-0.1, -0.05) is 172 Å². The zero-order valence-corrected chi connectivity index (χ0v) is 47.3. The van der Waals surface area contributed by atoms with Crippen molar-refractivity contribution < 1.29 is 20.1 Å². The van der Waals surface area contributed by atoms with Gasteiger partial charge in [0.15, 0.2) is 34.9 Å². The van der Waals surface area contributed by atoms with Gasteiger partial charge in [-0.3, -0.25) is 0 Å². The van der Waals surface area contributed by atoms with Gasteiger partial charge in [0.25, 0.3) is 0 Å². The van der Waals surface area contributed by atoms with Crippen molar-refractivity contribution in [3.05, 3.63) is 218 Å². The van der Waals surface area contributed by atoms with Gasteiger partial charge in [0.05, 0.1) is 35.7 Å². The minimum Gasteiger partial charge on any atom is -0.305 e. The minimum absolute atomic E-state index is 0. The second kappa shape index (κ2) is 22.1. The molecule has 3 aliphatic rings. The van der Waals surface area contributed by atoms with E-state index in [2.05, 4.69) is 237 Å². The minimum atomic E-state index is -0.0371. The van der Waals surface area contributed by atoms with E-state index in [9.17, 15) is 0 Å². The molecule has 0 unspecified atom stereocenters. The second-order valence-electron chi connectivity index (χ2n) is 22.0. The predicted octanol–water partition coefficient (Wildman–Crippen LogP) is 15.1. The van der Waals surface area contributed by atoms with Crippen LogP contribution in [0, 0.1) is 0 Å². The van der Waals surface area contributed by atoms with Crippen molar-refractivity contribution in [1.82, 2.24) is 29.9 Å². The normalized spacial score (nSPS) is 13.7. The molecule has 0 spiro atoms. The van der Waals surface area contributed by atoms with Crippen LogP contribution in [-0.2, 0) is 36.4 Å². The summed E-state index contributed by atoms with van der Waals surface area (Å²) in [5.74, 6) is 5.47. The molecular formula is C63H66IrN12. The van der Waals surface area contributed by atoms with Crippen LogP contribution in [0.3, 0.4) is 0 Å². The Labute approximate surface area is 462 Å². The molecule has 6 heterocycles. The van der Waals surface area contributed by atoms with Crippen LogP contribution in [0.15, 0.2) is 201 Å². The Morgan fingerprint density at radius 2 is 0.434 bits per heavy atom. The molecule has 387 valence electrons. The fourth-order valence-electron chi connectivity index (χ4n) is 9.01. The number of hydrogen-bond acceptors (Lipinski definition) is 12. The SMILES string of the molecule is CC(C)(C)c1cnc2c(n1)N(c1ccccc1)CN2c1ccccc1.CC(C)(C)c1cnc2c(n1)N(c1ccccc1)CN2c1ccccc1.CC(C)(C)c1cnc2c(n1)N(c1ccccc1)CN2c1ccccc1.[Ir]. The first kappa shape index (κ1) is 52.9. The molecule has 0 saturated heterocycles. The van der Waals surface area contributed by atoms with Gasteiger partial charge in [-0.25, -0.2) is 29.9 Å². The van der Waals surface area contributed by atoms with Crippen LogP contribution in [0.25, 0.3) is 0 Å². The van der Waals surface area contributed by atoms with Gasteiger partial charge < -0.3 is 29.4 Å². The van der Waals surface area contributed by atoms with E-state index in [0.717, 1.165) is 86.1 Å². The van der Waals surface area contributed by atoms with Gasteiger partial charge >= 0.3 is 0 Å². The van der Waals surface area contributed by atoms with Crippen LogP contribution < -0.4 is 29.4 Å². The van der Waals surface area contributed by atoms with Crippen LogP contribution in [0.4, 0.5) is 69.0 Å². The fourth-order valence-corrected chi connectivity index (χ4v) is 9.01. The standard InChI is InChI=1S/3C21H22N4.Ir/c3*1-21(2,3)18-14-22-19-20(23-18)25(17-12-8-5-9-13-17)15-24(19)16-10-6-4-7-11-16;/h3*4-14H,15H2,1-3H3;. The molecule has 12 nitrogen and oxygen atoms in total. The van der Waals surface area contributed by atoms with E-state index in [-0.39, 0.29) is 36.4 Å². The summed E-state index contributed by atoms with van der Waals surface area (Å²) in [6, 6.07) is 62.2. The van der Waals surface area contributed by atoms with Gasteiger partial charge in [-0.2, -0.15) is 0 Å². The van der Waals surface area contributed by atoms with Crippen LogP contribution in [-0.4, -0.2) is 49.9 Å². The summed E-state index contributed by atoms with van der Waals surface area (Å²) in [5.41, 5.74) is 9.65. The molecule has 0 aliphatic carbocycles. The van der Waals surface area contributed by atoms with E-state index in [1.54, 1.807) is 0 Å². The molecule has 13 heteroatoms. The third-order valence-electron chi connectivity index (χ3n) is 13.3. The maximum Gasteiger partial charge on any atom is 0.178 e. The zero-order chi connectivity index (χ0) is 52.3. The fraction of sp³-hybridized carbons (Fsp3) is 0.238. The Balaban J connectivity index is 0.000000138. The number of rotatable bonds is 6. The van der Waals surface area contributed by atoms with E-state index in [1.165, 1.54) is 0 Å². The summed E-state index contributed by atoms with van der Waals surface area (Å²) < 4.78 is 0. The molecule has 0 fully saturated rings. The van der Waals surface area contributed by atoms with Crippen molar-refractivity contribution in [3.8, 4) is 0 Å². The monoisotopic (exact) mass is 1180 g/mol. The van der Waals surface area contributed by atoms with E-state index in [4.69, 9.17) is 29.9 Å². The molecule has 0 bridgehead atoms. The first-order valence-electron chi connectivity index (χ1n) is 25.7. The number of hydrogen-bond donors (Lipinski definition) is 0. The van der Waals surface area contributed by atoms with E-state index in [0.29, 0.717) is 20.0 Å². The van der Waals surface area contributed by atoms with Crippen molar-refractivity contribution >= 4 is 69.0 Å². The third-order valence-corrected chi connectivity index (χ3v) is 13.3. The number of para-hydroxylation sites is 6. The van der Waals surface area contributed by atoms with Gasteiger partial charge in [-0.15, -0.1) is 0 Å². The van der Waals surface area contributed by atoms with E-state index < -0.39 is 0 Å². The summed E-state index contributed by atoms with van der Waals surface area (Å²) in [5, 5.41) is 0. The third kappa shape index (κ3) is 11.3. The number of fused-ring (bicyclic) bond motifs is 3. The largest absolute Gasteiger partial charge is 0.305 e. The van der Waals surface area contributed by atoms with Crippen LogP contribution >= 0.6 is 0 Å². The van der Waals surface area contributed by atoms with Gasteiger partial charge in [0.2, 0.25) is 0 Å².